The van der Waals surface area contributed by atoms with Gasteiger partial charge in [0, 0.05) is 60.9 Å². The van der Waals surface area contributed by atoms with Gasteiger partial charge in [-0.1, -0.05) is 12.1 Å². The first-order valence-corrected chi connectivity index (χ1v) is 13.8. The minimum absolute atomic E-state index is 0.00360. The first-order chi connectivity index (χ1) is 18.6. The number of carboxylic acids is 2. The number of piperidine rings is 1. The van der Waals surface area contributed by atoms with Crippen LogP contribution in [-0.4, -0.2) is 76.5 Å². The van der Waals surface area contributed by atoms with Crippen molar-refractivity contribution in [2.24, 2.45) is 5.92 Å². The van der Waals surface area contributed by atoms with E-state index in [1.54, 1.807) is 7.11 Å². The number of likely N-dealkylation sites (tertiary alicyclic amines) is 1. The van der Waals surface area contributed by atoms with Crippen LogP contribution in [0.3, 0.4) is 0 Å². The minimum atomic E-state index is -1.26. The molecule has 2 N–H and O–H groups in total. The van der Waals surface area contributed by atoms with Gasteiger partial charge in [-0.15, -0.1) is 0 Å². The van der Waals surface area contributed by atoms with E-state index in [-0.39, 0.29) is 18.0 Å². The van der Waals surface area contributed by atoms with Crippen molar-refractivity contribution in [2.45, 2.75) is 82.6 Å². The predicted octanol–water partition coefficient (Wildman–Crippen LogP) is 4.39. The molecule has 0 bridgehead atoms. The van der Waals surface area contributed by atoms with E-state index < -0.39 is 11.9 Å². The molecule has 0 unspecified atom stereocenters. The van der Waals surface area contributed by atoms with Gasteiger partial charge in [-0.3, -0.25) is 4.79 Å². The van der Waals surface area contributed by atoms with Crippen LogP contribution in [0.2, 0.25) is 0 Å². The molecular weight excluding hydrogens is 500 g/mol. The quantitative estimate of drug-likeness (QED) is 0.409. The standard InChI is InChI=1S/C26H36N2O3.C4H4O4/c1-16(2)28-15-17-13-24-22(21-6-5-7-23(28)25(17)21)12-18(14-27(24)3)26(29)31-20-10-8-19(30-4)9-11-20;5-3(6)1-2-4(7)8/h5-7,15-16,18-20,22,24H,8-14H2,1-4H3;1-2H,(H,5,6)(H,7,8)/b;2-1-/t18-,19-,20-,22-,24-;/m1./s1. The zero-order valence-corrected chi connectivity index (χ0v) is 23.2. The Bertz CT molecular complexity index is 1210. The molecule has 2 fully saturated rings. The Morgan fingerprint density at radius 2 is 1.67 bits per heavy atom. The number of carboxylic acid groups (broad SMARTS) is 2. The SMILES string of the molecule is CO[C@H]1CC[C@H](OC(=O)[C@@H]2C[C@@H]3c4cccc5c4c(cn5C(C)C)C[C@H]3N(C)C2)CC1.O=C(O)/C=C\C(=O)O. The Morgan fingerprint density at radius 1 is 1.03 bits per heavy atom. The van der Waals surface area contributed by atoms with Gasteiger partial charge >= 0.3 is 17.9 Å². The van der Waals surface area contributed by atoms with E-state index in [4.69, 9.17) is 19.7 Å². The summed E-state index contributed by atoms with van der Waals surface area (Å²) in [6, 6.07) is 7.64. The highest BCUT2D eigenvalue weighted by Gasteiger charge is 2.42. The number of aliphatic carboxylic acids is 2. The molecule has 1 aromatic carbocycles. The molecule has 9 heteroatoms. The number of fused-ring (bicyclic) bond motifs is 2. The highest BCUT2D eigenvalue weighted by Crippen LogP contribution is 2.45. The average molecular weight is 541 g/mol. The third kappa shape index (κ3) is 6.53. The number of esters is 1. The van der Waals surface area contributed by atoms with Gasteiger partial charge in [0.2, 0.25) is 0 Å². The van der Waals surface area contributed by atoms with E-state index in [2.05, 4.69) is 54.8 Å². The fourth-order valence-electron chi connectivity index (χ4n) is 6.46. The second-order valence-electron chi connectivity index (χ2n) is 11.2. The summed E-state index contributed by atoms with van der Waals surface area (Å²) >= 11 is 0. The molecule has 1 aromatic heterocycles. The number of likely N-dealkylation sites (N-methyl/N-ethyl adjacent to an activating group) is 1. The molecule has 212 valence electrons. The minimum Gasteiger partial charge on any atom is -0.478 e. The van der Waals surface area contributed by atoms with Crippen LogP contribution < -0.4 is 0 Å². The predicted molar refractivity (Wildman–Crippen MR) is 147 cm³/mol. The van der Waals surface area contributed by atoms with Crippen LogP contribution in [-0.2, 0) is 30.3 Å². The third-order valence-electron chi connectivity index (χ3n) is 8.37. The zero-order valence-electron chi connectivity index (χ0n) is 23.2. The molecule has 2 aromatic rings. The number of carbonyl (C=O) groups excluding carboxylic acids is 1. The monoisotopic (exact) mass is 540 g/mol. The Balaban J connectivity index is 0.000000386. The lowest BCUT2D eigenvalue weighted by molar-refractivity contribution is -0.159. The normalized spacial score (nSPS) is 26.6. The number of ether oxygens (including phenoxy) is 2. The van der Waals surface area contributed by atoms with Crippen LogP contribution >= 0.6 is 0 Å². The van der Waals surface area contributed by atoms with E-state index in [0.29, 0.717) is 36.3 Å². The van der Waals surface area contributed by atoms with E-state index in [9.17, 15) is 14.4 Å². The summed E-state index contributed by atoms with van der Waals surface area (Å²) in [5.74, 6) is -2.17. The Morgan fingerprint density at radius 3 is 2.26 bits per heavy atom. The molecule has 0 radical (unpaired) electrons. The van der Waals surface area contributed by atoms with Crippen molar-refractivity contribution in [1.82, 2.24) is 9.47 Å². The molecule has 1 saturated carbocycles. The number of aromatic nitrogens is 1. The highest BCUT2D eigenvalue weighted by atomic mass is 16.5. The Hall–Kier alpha value is -3.17. The van der Waals surface area contributed by atoms with Crippen molar-refractivity contribution in [3.05, 3.63) is 47.7 Å². The van der Waals surface area contributed by atoms with Crippen molar-refractivity contribution in [3.63, 3.8) is 0 Å². The van der Waals surface area contributed by atoms with Gasteiger partial charge in [0.15, 0.2) is 0 Å². The maximum atomic E-state index is 13.1. The summed E-state index contributed by atoms with van der Waals surface area (Å²) in [4.78, 5) is 34.7. The van der Waals surface area contributed by atoms with Crippen LogP contribution in [0.25, 0.3) is 10.9 Å². The van der Waals surface area contributed by atoms with Crippen molar-refractivity contribution in [2.75, 3.05) is 20.7 Å². The average Bonchev–Trinajstić information content (AvgIpc) is 3.29. The molecule has 9 nitrogen and oxygen atoms in total. The highest BCUT2D eigenvalue weighted by molar-refractivity contribution is 5.90. The van der Waals surface area contributed by atoms with Gasteiger partial charge in [0.25, 0.3) is 0 Å². The lowest BCUT2D eigenvalue weighted by Crippen LogP contribution is -2.50. The molecule has 2 aliphatic carbocycles. The summed E-state index contributed by atoms with van der Waals surface area (Å²) in [6.45, 7) is 5.29. The Kier molecular flexibility index (Phi) is 9.12. The number of benzene rings is 1. The number of hydrogen-bond donors (Lipinski definition) is 2. The number of methoxy groups -OCH3 is 1. The number of nitrogens with zero attached hydrogens (tertiary/aromatic N) is 2. The lowest BCUT2D eigenvalue weighted by Gasteiger charge is -2.45. The smallest absolute Gasteiger partial charge is 0.328 e. The fraction of sp³-hybridized carbons (Fsp3) is 0.567. The summed E-state index contributed by atoms with van der Waals surface area (Å²) in [5.41, 5.74) is 4.22. The van der Waals surface area contributed by atoms with Crippen molar-refractivity contribution in [3.8, 4) is 0 Å². The molecular formula is C30H40N2O7. The van der Waals surface area contributed by atoms with Gasteiger partial charge < -0.3 is 29.2 Å². The van der Waals surface area contributed by atoms with Crippen LogP contribution in [0.15, 0.2) is 36.5 Å². The molecule has 1 saturated heterocycles. The van der Waals surface area contributed by atoms with E-state index in [0.717, 1.165) is 45.1 Å². The van der Waals surface area contributed by atoms with E-state index in [1.807, 2.05) is 0 Å². The molecule has 2 heterocycles. The summed E-state index contributed by atoms with van der Waals surface area (Å²) in [7, 11) is 3.96. The topological polar surface area (TPSA) is 118 Å². The van der Waals surface area contributed by atoms with Crippen molar-refractivity contribution in [1.29, 1.82) is 0 Å². The molecule has 3 aliphatic rings. The van der Waals surface area contributed by atoms with Gasteiger partial charge in [0.1, 0.15) is 6.10 Å². The van der Waals surface area contributed by atoms with Crippen molar-refractivity contribution < 1.29 is 34.1 Å². The van der Waals surface area contributed by atoms with Crippen LogP contribution in [0.5, 0.6) is 0 Å². The second kappa shape index (κ2) is 12.3. The van der Waals surface area contributed by atoms with Crippen LogP contribution in [0.1, 0.15) is 69.0 Å². The summed E-state index contributed by atoms with van der Waals surface area (Å²) in [5, 5.41) is 17.1. The molecule has 0 amide bonds. The van der Waals surface area contributed by atoms with E-state index >= 15 is 0 Å². The first-order valence-electron chi connectivity index (χ1n) is 13.8. The van der Waals surface area contributed by atoms with Gasteiger partial charge in [-0.05, 0) is 76.6 Å². The van der Waals surface area contributed by atoms with Gasteiger partial charge in [-0.25, -0.2) is 9.59 Å². The molecule has 1 aliphatic heterocycles. The van der Waals surface area contributed by atoms with Gasteiger partial charge in [-0.2, -0.15) is 0 Å². The van der Waals surface area contributed by atoms with Crippen LogP contribution in [0.4, 0.5) is 0 Å². The lowest BCUT2D eigenvalue weighted by atomic mass is 9.72. The second-order valence-corrected chi connectivity index (χ2v) is 11.2. The van der Waals surface area contributed by atoms with Crippen LogP contribution in [0, 0.1) is 5.92 Å². The molecule has 3 atom stereocenters. The van der Waals surface area contributed by atoms with E-state index in [1.165, 1.54) is 22.0 Å². The maximum Gasteiger partial charge on any atom is 0.328 e. The Labute approximate surface area is 229 Å². The summed E-state index contributed by atoms with van der Waals surface area (Å²) < 4.78 is 13.9. The largest absolute Gasteiger partial charge is 0.478 e. The molecule has 0 spiro atoms. The zero-order chi connectivity index (χ0) is 28.3. The molecule has 39 heavy (non-hydrogen) atoms. The number of hydrogen-bond acceptors (Lipinski definition) is 6. The first kappa shape index (κ1) is 28.8. The van der Waals surface area contributed by atoms with Crippen molar-refractivity contribution >= 4 is 28.8 Å². The maximum absolute atomic E-state index is 13.1. The fourth-order valence-corrected chi connectivity index (χ4v) is 6.46. The third-order valence-corrected chi connectivity index (χ3v) is 8.37. The van der Waals surface area contributed by atoms with Gasteiger partial charge in [0.05, 0.1) is 12.0 Å². The number of rotatable bonds is 6. The molecule has 5 rings (SSSR count). The summed E-state index contributed by atoms with van der Waals surface area (Å²) in [6.07, 6.45) is 9.64. The number of carbonyl (C=O) groups is 3.